The van der Waals surface area contributed by atoms with Gasteiger partial charge in [-0.05, 0) is 44.1 Å². The topological polar surface area (TPSA) is 57.1 Å². The Morgan fingerprint density at radius 2 is 2.21 bits per heavy atom. The van der Waals surface area contributed by atoms with Crippen molar-refractivity contribution in [3.8, 4) is 6.07 Å². The highest BCUT2D eigenvalue weighted by Gasteiger charge is 2.12. The molecule has 1 aromatic rings. The van der Waals surface area contributed by atoms with E-state index in [-0.39, 0.29) is 0 Å². The van der Waals surface area contributed by atoms with Gasteiger partial charge >= 0.3 is 0 Å². The van der Waals surface area contributed by atoms with E-state index >= 15 is 0 Å². The van der Waals surface area contributed by atoms with Crippen molar-refractivity contribution in [3.05, 3.63) is 28.8 Å². The van der Waals surface area contributed by atoms with Crippen LogP contribution in [0.5, 0.6) is 0 Å². The zero-order valence-corrected chi connectivity index (χ0v) is 11.5. The molecule has 0 atom stereocenters. The van der Waals surface area contributed by atoms with Crippen LogP contribution in [-0.4, -0.2) is 32.3 Å². The van der Waals surface area contributed by atoms with Crippen LogP contribution in [0.4, 0.5) is 5.69 Å². The van der Waals surface area contributed by atoms with Gasteiger partial charge in [0.2, 0.25) is 0 Å². The molecule has 0 saturated carbocycles. The molecule has 0 bridgehead atoms. The molecule has 0 unspecified atom stereocenters. The first-order valence-corrected chi connectivity index (χ1v) is 6.93. The number of nitrogens with one attached hydrogen (secondary N) is 2. The third-order valence-electron chi connectivity index (χ3n) is 3.16. The summed E-state index contributed by atoms with van der Waals surface area (Å²) in [5, 5.41) is 16.1. The monoisotopic (exact) mass is 279 g/mol. The second-order valence-corrected chi connectivity index (χ2v) is 4.99. The van der Waals surface area contributed by atoms with Gasteiger partial charge in [0, 0.05) is 11.6 Å². The summed E-state index contributed by atoms with van der Waals surface area (Å²) in [5.74, 6) is 0. The number of rotatable bonds is 5. The SMILES string of the molecule is N#Cc1ccc(Cl)cc1NCCOC1CCNCC1. The van der Waals surface area contributed by atoms with Crippen molar-refractivity contribution in [2.45, 2.75) is 18.9 Å². The Morgan fingerprint density at radius 3 is 2.95 bits per heavy atom. The molecule has 0 aromatic heterocycles. The highest BCUT2D eigenvalue weighted by atomic mass is 35.5. The summed E-state index contributed by atoms with van der Waals surface area (Å²) in [4.78, 5) is 0. The molecule has 0 spiro atoms. The number of anilines is 1. The molecule has 2 N–H and O–H groups in total. The fourth-order valence-corrected chi connectivity index (χ4v) is 2.31. The van der Waals surface area contributed by atoms with Crippen molar-refractivity contribution in [1.29, 1.82) is 5.26 Å². The maximum absolute atomic E-state index is 9.00. The van der Waals surface area contributed by atoms with Crippen molar-refractivity contribution in [1.82, 2.24) is 5.32 Å². The molecule has 1 saturated heterocycles. The fraction of sp³-hybridized carbons (Fsp3) is 0.500. The largest absolute Gasteiger partial charge is 0.382 e. The summed E-state index contributed by atoms with van der Waals surface area (Å²) >= 11 is 5.92. The molecule has 1 aromatic carbocycles. The first kappa shape index (κ1) is 14.1. The average Bonchev–Trinajstić information content (AvgIpc) is 2.45. The average molecular weight is 280 g/mol. The van der Waals surface area contributed by atoms with Crippen molar-refractivity contribution in [2.75, 3.05) is 31.6 Å². The lowest BCUT2D eigenvalue weighted by molar-refractivity contribution is 0.0394. The van der Waals surface area contributed by atoms with Gasteiger partial charge in [-0.25, -0.2) is 0 Å². The number of ether oxygens (including phenoxy) is 1. The van der Waals surface area contributed by atoms with E-state index < -0.39 is 0 Å². The van der Waals surface area contributed by atoms with Gasteiger partial charge in [-0.2, -0.15) is 5.26 Å². The van der Waals surface area contributed by atoms with Gasteiger partial charge in [-0.1, -0.05) is 11.6 Å². The van der Waals surface area contributed by atoms with Crippen LogP contribution in [0.25, 0.3) is 0 Å². The van der Waals surface area contributed by atoms with E-state index in [9.17, 15) is 0 Å². The Balaban J connectivity index is 1.76. The Hall–Kier alpha value is -1.28. The van der Waals surface area contributed by atoms with Gasteiger partial charge in [0.15, 0.2) is 0 Å². The molecule has 0 radical (unpaired) electrons. The van der Waals surface area contributed by atoms with E-state index in [0.717, 1.165) is 31.6 Å². The van der Waals surface area contributed by atoms with Crippen molar-refractivity contribution in [2.24, 2.45) is 0 Å². The van der Waals surface area contributed by atoms with E-state index in [2.05, 4.69) is 16.7 Å². The molecule has 4 nitrogen and oxygen atoms in total. The lowest BCUT2D eigenvalue weighted by Gasteiger charge is -2.23. The predicted molar refractivity (Wildman–Crippen MR) is 76.5 cm³/mol. The summed E-state index contributed by atoms with van der Waals surface area (Å²) in [6, 6.07) is 7.35. The van der Waals surface area contributed by atoms with Crippen LogP contribution < -0.4 is 10.6 Å². The molecular weight excluding hydrogens is 262 g/mol. The van der Waals surface area contributed by atoms with E-state index in [0.29, 0.717) is 29.8 Å². The summed E-state index contributed by atoms with van der Waals surface area (Å²) in [7, 11) is 0. The normalized spacial score (nSPS) is 16.0. The van der Waals surface area contributed by atoms with Crippen molar-refractivity contribution < 1.29 is 4.74 Å². The van der Waals surface area contributed by atoms with Gasteiger partial charge in [0.25, 0.3) is 0 Å². The van der Waals surface area contributed by atoms with Gasteiger partial charge in [-0.15, -0.1) is 0 Å². The fourth-order valence-electron chi connectivity index (χ4n) is 2.13. The highest BCUT2D eigenvalue weighted by molar-refractivity contribution is 6.30. The lowest BCUT2D eigenvalue weighted by atomic mass is 10.1. The third-order valence-corrected chi connectivity index (χ3v) is 3.39. The van der Waals surface area contributed by atoms with Crippen LogP contribution >= 0.6 is 11.6 Å². The molecule has 2 rings (SSSR count). The van der Waals surface area contributed by atoms with Gasteiger partial charge in [0.1, 0.15) is 6.07 Å². The lowest BCUT2D eigenvalue weighted by Crippen LogP contribution is -2.33. The molecule has 102 valence electrons. The van der Waals surface area contributed by atoms with Crippen LogP contribution in [0.1, 0.15) is 18.4 Å². The second-order valence-electron chi connectivity index (χ2n) is 4.55. The number of hydrogen-bond donors (Lipinski definition) is 2. The molecule has 0 amide bonds. The maximum atomic E-state index is 9.00. The van der Waals surface area contributed by atoms with E-state index in [1.54, 1.807) is 18.2 Å². The molecule has 1 aliphatic heterocycles. The summed E-state index contributed by atoms with van der Waals surface area (Å²) in [5.41, 5.74) is 1.37. The zero-order valence-electron chi connectivity index (χ0n) is 10.8. The summed E-state index contributed by atoms with van der Waals surface area (Å²) in [6.45, 7) is 3.39. The van der Waals surface area contributed by atoms with Crippen LogP contribution in [0, 0.1) is 11.3 Å². The van der Waals surface area contributed by atoms with Crippen molar-refractivity contribution in [3.63, 3.8) is 0 Å². The molecule has 5 heteroatoms. The first-order valence-electron chi connectivity index (χ1n) is 6.55. The van der Waals surface area contributed by atoms with Crippen molar-refractivity contribution >= 4 is 17.3 Å². The zero-order chi connectivity index (χ0) is 13.5. The number of hydrogen-bond acceptors (Lipinski definition) is 4. The van der Waals surface area contributed by atoms with Crippen LogP contribution in [0.3, 0.4) is 0 Å². The summed E-state index contributed by atoms with van der Waals surface area (Å²) < 4.78 is 5.79. The molecule has 19 heavy (non-hydrogen) atoms. The third kappa shape index (κ3) is 4.39. The molecule has 1 heterocycles. The number of piperidine rings is 1. The van der Waals surface area contributed by atoms with Gasteiger partial charge in [0.05, 0.1) is 24.0 Å². The minimum absolute atomic E-state index is 0.359. The highest BCUT2D eigenvalue weighted by Crippen LogP contribution is 2.20. The minimum Gasteiger partial charge on any atom is -0.382 e. The van der Waals surface area contributed by atoms with Crippen LogP contribution in [-0.2, 0) is 4.74 Å². The van der Waals surface area contributed by atoms with E-state index in [1.807, 2.05) is 0 Å². The first-order chi connectivity index (χ1) is 9.29. The molecule has 1 fully saturated rings. The Labute approximate surface area is 118 Å². The van der Waals surface area contributed by atoms with E-state index in [4.69, 9.17) is 21.6 Å². The molecule has 1 aliphatic rings. The van der Waals surface area contributed by atoms with Crippen LogP contribution in [0.2, 0.25) is 5.02 Å². The molecular formula is C14H18ClN3O. The van der Waals surface area contributed by atoms with E-state index in [1.165, 1.54) is 0 Å². The van der Waals surface area contributed by atoms with Gasteiger partial charge < -0.3 is 15.4 Å². The smallest absolute Gasteiger partial charge is 0.101 e. The number of halogens is 1. The van der Waals surface area contributed by atoms with Gasteiger partial charge in [-0.3, -0.25) is 0 Å². The number of nitrogens with zero attached hydrogens (tertiary/aromatic N) is 1. The number of nitriles is 1. The Kier molecular flexibility index (Phi) is 5.46. The Morgan fingerprint density at radius 1 is 1.42 bits per heavy atom. The maximum Gasteiger partial charge on any atom is 0.101 e. The second kappa shape index (κ2) is 7.34. The molecule has 0 aliphatic carbocycles. The van der Waals surface area contributed by atoms with Crippen LogP contribution in [0.15, 0.2) is 18.2 Å². The number of benzene rings is 1. The standard InChI is InChI=1S/C14H18ClN3O/c15-12-2-1-11(10-16)14(9-12)18-7-8-19-13-3-5-17-6-4-13/h1-2,9,13,17-18H,3-8H2. The Bertz CT molecular complexity index is 452. The summed E-state index contributed by atoms with van der Waals surface area (Å²) in [6.07, 6.45) is 2.50. The quantitative estimate of drug-likeness (QED) is 0.813. The minimum atomic E-state index is 0.359. The predicted octanol–water partition coefficient (Wildman–Crippen LogP) is 2.39.